The second-order valence-corrected chi connectivity index (χ2v) is 2.79. The van der Waals surface area contributed by atoms with Crippen LogP contribution >= 0.6 is 0 Å². The molecule has 4 heteroatoms. The average molecular weight is 176 g/mol. The summed E-state index contributed by atoms with van der Waals surface area (Å²) in [5.41, 5.74) is 0.970. The van der Waals surface area contributed by atoms with Crippen molar-refractivity contribution in [1.82, 2.24) is 10.2 Å². The van der Waals surface area contributed by atoms with Gasteiger partial charge in [0.15, 0.2) is 12.0 Å². The van der Waals surface area contributed by atoms with Crippen LogP contribution in [0.4, 0.5) is 5.82 Å². The minimum Gasteiger partial charge on any atom is -0.265 e. The molecule has 1 aromatic heterocycles. The molecule has 0 aliphatic rings. The smallest absolute Gasteiger partial charge is 0.185 e. The summed E-state index contributed by atoms with van der Waals surface area (Å²) in [5, 5.41) is 16.5. The Bertz CT molecular complexity index is 298. The van der Waals surface area contributed by atoms with Gasteiger partial charge in [0.2, 0.25) is 0 Å². The summed E-state index contributed by atoms with van der Waals surface area (Å²) in [7, 11) is 1.66. The van der Waals surface area contributed by atoms with Gasteiger partial charge in [-0.15, -0.1) is 5.10 Å². The molecule has 0 aliphatic heterocycles. The van der Waals surface area contributed by atoms with E-state index >= 15 is 0 Å². The maximum Gasteiger partial charge on any atom is 0.185 e. The van der Waals surface area contributed by atoms with E-state index in [1.165, 1.54) is 4.90 Å². The predicted octanol–water partition coefficient (Wildman–Crippen LogP) is 1.35. The molecular weight excluding hydrogens is 164 g/mol. The summed E-state index contributed by atoms with van der Waals surface area (Å²) in [6.07, 6.45) is 3.96. The first kappa shape index (κ1) is 9.46. The summed E-state index contributed by atoms with van der Waals surface area (Å²) < 4.78 is 0. The standard InChI is InChI=1S/C9H12N4/c1-3-4-8-5-6-9(12-11-8)13(2)7-10/h5-6H,3-4H2,1-2H3. The SMILES string of the molecule is CCCc1ccc(N(C)C#N)nn1. The Morgan fingerprint density at radius 2 is 2.23 bits per heavy atom. The minimum absolute atomic E-state index is 0.586. The monoisotopic (exact) mass is 176 g/mol. The van der Waals surface area contributed by atoms with E-state index in [4.69, 9.17) is 5.26 Å². The first-order valence-electron chi connectivity index (χ1n) is 4.24. The molecule has 13 heavy (non-hydrogen) atoms. The third kappa shape index (κ3) is 2.41. The lowest BCUT2D eigenvalue weighted by Crippen LogP contribution is -2.11. The summed E-state index contributed by atoms with van der Waals surface area (Å²) in [6.45, 7) is 2.09. The number of rotatable bonds is 3. The minimum atomic E-state index is 0.586. The number of anilines is 1. The number of aromatic nitrogens is 2. The molecule has 0 saturated heterocycles. The highest BCUT2D eigenvalue weighted by atomic mass is 15.2. The molecule has 0 spiro atoms. The zero-order valence-electron chi connectivity index (χ0n) is 7.86. The zero-order valence-corrected chi connectivity index (χ0v) is 7.86. The lowest BCUT2D eigenvalue weighted by atomic mass is 10.2. The summed E-state index contributed by atoms with van der Waals surface area (Å²) >= 11 is 0. The normalized spacial score (nSPS) is 9.31. The quantitative estimate of drug-likeness (QED) is 0.515. The highest BCUT2D eigenvalue weighted by Crippen LogP contribution is 2.06. The van der Waals surface area contributed by atoms with Gasteiger partial charge in [-0.05, 0) is 18.6 Å². The van der Waals surface area contributed by atoms with Crippen LogP contribution in [0.25, 0.3) is 0 Å². The van der Waals surface area contributed by atoms with Crippen LogP contribution in [0, 0.1) is 11.5 Å². The van der Waals surface area contributed by atoms with Crippen LogP contribution < -0.4 is 4.90 Å². The molecule has 0 atom stereocenters. The third-order valence-electron chi connectivity index (χ3n) is 1.71. The molecule has 0 fully saturated rings. The van der Waals surface area contributed by atoms with Crippen LogP contribution in [0.2, 0.25) is 0 Å². The fraction of sp³-hybridized carbons (Fsp3) is 0.444. The first-order chi connectivity index (χ1) is 6.27. The van der Waals surface area contributed by atoms with E-state index in [2.05, 4.69) is 17.1 Å². The molecule has 0 bridgehead atoms. The maximum atomic E-state index is 8.57. The molecule has 0 saturated carbocycles. The van der Waals surface area contributed by atoms with Gasteiger partial charge in [-0.1, -0.05) is 13.3 Å². The van der Waals surface area contributed by atoms with Gasteiger partial charge in [0.05, 0.1) is 5.69 Å². The first-order valence-corrected chi connectivity index (χ1v) is 4.24. The molecule has 0 N–H and O–H groups in total. The maximum absolute atomic E-state index is 8.57. The Labute approximate surface area is 77.8 Å². The average Bonchev–Trinajstić information content (AvgIpc) is 2.18. The van der Waals surface area contributed by atoms with Crippen molar-refractivity contribution in [3.05, 3.63) is 17.8 Å². The van der Waals surface area contributed by atoms with Gasteiger partial charge in [-0.3, -0.25) is 4.90 Å². The van der Waals surface area contributed by atoms with Crippen molar-refractivity contribution in [3.63, 3.8) is 0 Å². The van der Waals surface area contributed by atoms with E-state index in [1.807, 2.05) is 12.3 Å². The fourth-order valence-electron chi connectivity index (χ4n) is 0.972. The van der Waals surface area contributed by atoms with E-state index in [9.17, 15) is 0 Å². The Morgan fingerprint density at radius 1 is 1.46 bits per heavy atom. The molecule has 0 unspecified atom stereocenters. The molecule has 0 radical (unpaired) electrons. The van der Waals surface area contributed by atoms with Crippen LogP contribution in [0.15, 0.2) is 12.1 Å². The highest BCUT2D eigenvalue weighted by Gasteiger charge is 2.00. The van der Waals surface area contributed by atoms with Crippen LogP contribution in [-0.2, 0) is 6.42 Å². The lowest BCUT2D eigenvalue weighted by molar-refractivity contribution is 0.834. The molecule has 0 aromatic carbocycles. The fourth-order valence-corrected chi connectivity index (χ4v) is 0.972. The lowest BCUT2D eigenvalue weighted by Gasteiger charge is -2.06. The highest BCUT2D eigenvalue weighted by molar-refractivity contribution is 5.40. The van der Waals surface area contributed by atoms with Gasteiger partial charge in [-0.25, -0.2) is 0 Å². The van der Waals surface area contributed by atoms with Gasteiger partial charge in [0, 0.05) is 7.05 Å². The Morgan fingerprint density at radius 3 is 2.69 bits per heavy atom. The molecule has 4 nitrogen and oxygen atoms in total. The van der Waals surface area contributed by atoms with Crippen molar-refractivity contribution >= 4 is 5.82 Å². The van der Waals surface area contributed by atoms with Crippen LogP contribution in [0.3, 0.4) is 0 Å². The molecule has 1 aromatic rings. The molecular formula is C9H12N4. The molecule has 0 amide bonds. The third-order valence-corrected chi connectivity index (χ3v) is 1.71. The van der Waals surface area contributed by atoms with E-state index in [1.54, 1.807) is 13.1 Å². The van der Waals surface area contributed by atoms with Crippen molar-refractivity contribution in [2.45, 2.75) is 19.8 Å². The second-order valence-electron chi connectivity index (χ2n) is 2.79. The zero-order chi connectivity index (χ0) is 9.68. The molecule has 68 valence electrons. The molecule has 1 heterocycles. The van der Waals surface area contributed by atoms with Crippen LogP contribution in [0.1, 0.15) is 19.0 Å². The van der Waals surface area contributed by atoms with E-state index in [0.717, 1.165) is 18.5 Å². The Kier molecular flexibility index (Phi) is 3.21. The van der Waals surface area contributed by atoms with E-state index in [-0.39, 0.29) is 0 Å². The largest absolute Gasteiger partial charge is 0.265 e. The van der Waals surface area contributed by atoms with Crippen LogP contribution in [0.5, 0.6) is 0 Å². The van der Waals surface area contributed by atoms with Crippen molar-refractivity contribution in [3.8, 4) is 6.19 Å². The number of nitriles is 1. The van der Waals surface area contributed by atoms with E-state index < -0.39 is 0 Å². The Balaban J connectivity index is 2.76. The number of hydrogen-bond acceptors (Lipinski definition) is 4. The Hall–Kier alpha value is -1.63. The van der Waals surface area contributed by atoms with Crippen molar-refractivity contribution in [2.75, 3.05) is 11.9 Å². The predicted molar refractivity (Wildman–Crippen MR) is 50.0 cm³/mol. The van der Waals surface area contributed by atoms with Gasteiger partial charge in [-0.2, -0.15) is 10.4 Å². The summed E-state index contributed by atoms with van der Waals surface area (Å²) in [6, 6.07) is 3.71. The molecule has 0 aliphatic carbocycles. The van der Waals surface area contributed by atoms with Gasteiger partial charge >= 0.3 is 0 Å². The molecule has 1 rings (SSSR count). The summed E-state index contributed by atoms with van der Waals surface area (Å²) in [5.74, 6) is 0.586. The number of nitrogens with zero attached hydrogens (tertiary/aromatic N) is 4. The van der Waals surface area contributed by atoms with Crippen molar-refractivity contribution in [2.24, 2.45) is 0 Å². The number of aryl methyl sites for hydroxylation is 1. The number of hydrogen-bond donors (Lipinski definition) is 0. The van der Waals surface area contributed by atoms with Crippen LogP contribution in [-0.4, -0.2) is 17.2 Å². The van der Waals surface area contributed by atoms with Crippen molar-refractivity contribution < 1.29 is 0 Å². The van der Waals surface area contributed by atoms with Gasteiger partial charge < -0.3 is 0 Å². The summed E-state index contributed by atoms with van der Waals surface area (Å²) in [4.78, 5) is 1.38. The topological polar surface area (TPSA) is 52.8 Å². The van der Waals surface area contributed by atoms with Gasteiger partial charge in [0.25, 0.3) is 0 Å². The van der Waals surface area contributed by atoms with Gasteiger partial charge in [0.1, 0.15) is 0 Å². The second kappa shape index (κ2) is 4.41. The van der Waals surface area contributed by atoms with E-state index in [0.29, 0.717) is 5.82 Å². The van der Waals surface area contributed by atoms with Crippen molar-refractivity contribution in [1.29, 1.82) is 5.26 Å².